The second-order valence-corrected chi connectivity index (χ2v) is 7.11. The summed E-state index contributed by atoms with van der Waals surface area (Å²) in [6.07, 6.45) is 3.38. The van der Waals surface area contributed by atoms with Gasteiger partial charge in [-0.15, -0.1) is 0 Å². The van der Waals surface area contributed by atoms with Gasteiger partial charge in [0.25, 0.3) is 0 Å². The van der Waals surface area contributed by atoms with E-state index in [2.05, 4.69) is 20.9 Å². The zero-order valence-electron chi connectivity index (χ0n) is 14.7. The topological polar surface area (TPSA) is 77.2 Å². The first-order valence-electron chi connectivity index (χ1n) is 8.62. The summed E-state index contributed by atoms with van der Waals surface area (Å²) in [5.74, 6) is -0.352. The molecule has 4 aromatic rings. The minimum atomic E-state index is -0.897. The Bertz CT molecular complexity index is 1140. The molecule has 2 aromatic heterocycles. The van der Waals surface area contributed by atoms with Gasteiger partial charge in [-0.3, -0.25) is 9.78 Å². The van der Waals surface area contributed by atoms with Crippen LogP contribution in [0.4, 0.5) is 0 Å². The highest BCUT2D eigenvalue weighted by atomic mass is 79.9. The third kappa shape index (κ3) is 3.75. The van der Waals surface area contributed by atoms with Crippen LogP contribution in [-0.2, 0) is 17.8 Å². The van der Waals surface area contributed by atoms with E-state index in [1.54, 1.807) is 30.6 Å². The Morgan fingerprint density at radius 3 is 2.79 bits per heavy atom. The number of carboxylic acid groups (broad SMARTS) is 1. The van der Waals surface area contributed by atoms with Gasteiger partial charge in [-0.05, 0) is 36.4 Å². The molecule has 2 heterocycles. The number of fused-ring (bicyclic) bond motifs is 1. The highest BCUT2D eigenvalue weighted by molar-refractivity contribution is 9.10. The Hall–Kier alpha value is -3.19. The van der Waals surface area contributed by atoms with E-state index in [0.29, 0.717) is 11.3 Å². The molecule has 1 N–H and O–H groups in total. The standard InChI is InChI=1S/C21H16BrN3O3/c22-15-7-8-19-17(11-15)18(24-25(19)16-5-3-9-23-12-16)13-28-20-6-2-1-4-14(20)10-21(26)27/h1-9,11-12H,10,13H2,(H,26,27). The van der Waals surface area contributed by atoms with Crippen LogP contribution in [0, 0.1) is 0 Å². The van der Waals surface area contributed by atoms with Crippen LogP contribution in [-0.4, -0.2) is 25.8 Å². The number of aliphatic carboxylic acids is 1. The molecule has 0 aliphatic heterocycles. The molecule has 28 heavy (non-hydrogen) atoms. The minimum absolute atomic E-state index is 0.0907. The van der Waals surface area contributed by atoms with Crippen molar-refractivity contribution in [2.24, 2.45) is 0 Å². The van der Waals surface area contributed by atoms with Gasteiger partial charge in [0, 0.05) is 21.6 Å². The smallest absolute Gasteiger partial charge is 0.307 e. The first-order chi connectivity index (χ1) is 13.6. The van der Waals surface area contributed by atoms with Gasteiger partial charge in [0.05, 0.1) is 23.8 Å². The fraction of sp³-hybridized carbons (Fsp3) is 0.0952. The van der Waals surface area contributed by atoms with Gasteiger partial charge >= 0.3 is 5.97 Å². The van der Waals surface area contributed by atoms with E-state index in [1.807, 2.05) is 41.1 Å². The number of benzene rings is 2. The minimum Gasteiger partial charge on any atom is -0.487 e. The van der Waals surface area contributed by atoms with Crippen LogP contribution in [0.3, 0.4) is 0 Å². The largest absolute Gasteiger partial charge is 0.487 e. The van der Waals surface area contributed by atoms with Crippen LogP contribution in [0.25, 0.3) is 16.6 Å². The Balaban J connectivity index is 1.70. The lowest BCUT2D eigenvalue weighted by molar-refractivity contribution is -0.136. The normalized spacial score (nSPS) is 10.9. The molecule has 0 bridgehead atoms. The summed E-state index contributed by atoms with van der Waals surface area (Å²) in [6.45, 7) is 0.219. The number of hydrogen-bond donors (Lipinski definition) is 1. The third-order valence-electron chi connectivity index (χ3n) is 4.29. The SMILES string of the molecule is O=C(O)Cc1ccccc1OCc1nn(-c2cccnc2)c2ccc(Br)cc12. The van der Waals surface area contributed by atoms with Gasteiger partial charge in [0.15, 0.2) is 0 Å². The van der Waals surface area contributed by atoms with Crippen molar-refractivity contribution >= 4 is 32.8 Å². The maximum atomic E-state index is 11.1. The van der Waals surface area contributed by atoms with Crippen LogP contribution in [0.5, 0.6) is 5.75 Å². The van der Waals surface area contributed by atoms with E-state index in [0.717, 1.165) is 26.8 Å². The molecular formula is C21H16BrN3O3. The number of rotatable bonds is 6. The number of carboxylic acids is 1. The van der Waals surface area contributed by atoms with Crippen molar-refractivity contribution in [3.63, 3.8) is 0 Å². The predicted molar refractivity (Wildman–Crippen MR) is 109 cm³/mol. The van der Waals surface area contributed by atoms with Crippen LogP contribution >= 0.6 is 15.9 Å². The fourth-order valence-electron chi connectivity index (χ4n) is 3.03. The summed E-state index contributed by atoms with van der Waals surface area (Å²) in [7, 11) is 0. The molecule has 0 amide bonds. The average Bonchev–Trinajstić information content (AvgIpc) is 3.05. The van der Waals surface area contributed by atoms with Crippen molar-refractivity contribution in [3.05, 3.63) is 82.7 Å². The van der Waals surface area contributed by atoms with Crippen LogP contribution < -0.4 is 4.74 Å². The summed E-state index contributed by atoms with van der Waals surface area (Å²) < 4.78 is 8.72. The van der Waals surface area contributed by atoms with Gasteiger partial charge in [0.2, 0.25) is 0 Å². The number of para-hydroxylation sites is 1. The number of nitrogens with zero attached hydrogens (tertiary/aromatic N) is 3. The highest BCUT2D eigenvalue weighted by Gasteiger charge is 2.14. The van der Waals surface area contributed by atoms with E-state index in [1.165, 1.54) is 0 Å². The fourth-order valence-corrected chi connectivity index (χ4v) is 3.40. The second kappa shape index (κ2) is 7.82. The van der Waals surface area contributed by atoms with Crippen molar-refractivity contribution in [2.45, 2.75) is 13.0 Å². The summed E-state index contributed by atoms with van der Waals surface area (Å²) in [5, 5.41) is 14.8. The molecule has 0 saturated heterocycles. The Kier molecular flexibility index (Phi) is 5.08. The summed E-state index contributed by atoms with van der Waals surface area (Å²) in [5.41, 5.74) is 3.18. The second-order valence-electron chi connectivity index (χ2n) is 6.20. The summed E-state index contributed by atoms with van der Waals surface area (Å²) >= 11 is 3.51. The molecule has 0 spiro atoms. The van der Waals surface area contributed by atoms with Crippen LogP contribution in [0.2, 0.25) is 0 Å². The van der Waals surface area contributed by atoms with Gasteiger partial charge in [-0.2, -0.15) is 5.10 Å². The molecule has 0 atom stereocenters. The van der Waals surface area contributed by atoms with E-state index in [9.17, 15) is 4.79 Å². The van der Waals surface area contributed by atoms with Gasteiger partial charge in [-0.25, -0.2) is 4.68 Å². The zero-order valence-corrected chi connectivity index (χ0v) is 16.3. The molecule has 0 saturated carbocycles. The van der Waals surface area contributed by atoms with E-state index in [-0.39, 0.29) is 13.0 Å². The highest BCUT2D eigenvalue weighted by Crippen LogP contribution is 2.27. The van der Waals surface area contributed by atoms with Crippen LogP contribution in [0.1, 0.15) is 11.3 Å². The molecule has 6 nitrogen and oxygen atoms in total. The first-order valence-corrected chi connectivity index (χ1v) is 9.41. The van der Waals surface area contributed by atoms with Crippen molar-refractivity contribution in [3.8, 4) is 11.4 Å². The van der Waals surface area contributed by atoms with Gasteiger partial charge in [-0.1, -0.05) is 34.1 Å². The molecule has 2 aromatic carbocycles. The third-order valence-corrected chi connectivity index (χ3v) is 4.78. The molecule has 0 fully saturated rings. The number of pyridine rings is 1. The molecule has 0 unspecified atom stereocenters. The monoisotopic (exact) mass is 437 g/mol. The average molecular weight is 438 g/mol. The lowest BCUT2D eigenvalue weighted by Crippen LogP contribution is -2.05. The predicted octanol–water partition coefficient (Wildman–Crippen LogP) is 4.39. The summed E-state index contributed by atoms with van der Waals surface area (Å²) in [6, 6.07) is 16.9. The zero-order chi connectivity index (χ0) is 19.5. The number of ether oxygens (including phenoxy) is 1. The van der Waals surface area contributed by atoms with Crippen molar-refractivity contribution in [1.82, 2.24) is 14.8 Å². The number of hydrogen-bond acceptors (Lipinski definition) is 4. The van der Waals surface area contributed by atoms with E-state index < -0.39 is 5.97 Å². The maximum Gasteiger partial charge on any atom is 0.307 e. The Morgan fingerprint density at radius 2 is 2.00 bits per heavy atom. The first kappa shape index (κ1) is 18.2. The molecule has 0 aliphatic carbocycles. The maximum absolute atomic E-state index is 11.1. The van der Waals surface area contributed by atoms with E-state index >= 15 is 0 Å². The van der Waals surface area contributed by atoms with Gasteiger partial charge < -0.3 is 9.84 Å². The Labute approximate surface area is 169 Å². The molecule has 0 radical (unpaired) electrons. The molecule has 0 aliphatic rings. The Morgan fingerprint density at radius 1 is 1.14 bits per heavy atom. The van der Waals surface area contributed by atoms with Crippen molar-refractivity contribution in [1.29, 1.82) is 0 Å². The molecular weight excluding hydrogens is 422 g/mol. The van der Waals surface area contributed by atoms with Gasteiger partial charge in [0.1, 0.15) is 18.1 Å². The van der Waals surface area contributed by atoms with Crippen molar-refractivity contribution in [2.75, 3.05) is 0 Å². The molecule has 7 heteroatoms. The molecule has 140 valence electrons. The quantitative estimate of drug-likeness (QED) is 0.483. The number of aromatic nitrogens is 3. The summed E-state index contributed by atoms with van der Waals surface area (Å²) in [4.78, 5) is 15.3. The number of halogens is 1. The van der Waals surface area contributed by atoms with Crippen molar-refractivity contribution < 1.29 is 14.6 Å². The van der Waals surface area contributed by atoms with Crippen LogP contribution in [0.15, 0.2) is 71.5 Å². The lowest BCUT2D eigenvalue weighted by atomic mass is 10.1. The number of carbonyl (C=O) groups is 1. The lowest BCUT2D eigenvalue weighted by Gasteiger charge is -2.09. The van der Waals surface area contributed by atoms with E-state index in [4.69, 9.17) is 14.9 Å². The molecule has 4 rings (SSSR count).